The quantitative estimate of drug-likeness (QED) is 0.190. The third-order valence-electron chi connectivity index (χ3n) is 7.42. The summed E-state index contributed by atoms with van der Waals surface area (Å²) in [5.41, 5.74) is 4.16. The number of carboxylic acids is 1. The number of carbonyl (C=O) groups excluding carboxylic acids is 2. The van der Waals surface area contributed by atoms with Gasteiger partial charge in [0.2, 0.25) is 5.91 Å². The maximum atomic E-state index is 13.4. The van der Waals surface area contributed by atoms with Gasteiger partial charge in [-0.2, -0.15) is 0 Å². The van der Waals surface area contributed by atoms with Crippen molar-refractivity contribution in [2.45, 2.75) is 13.3 Å². The molecule has 2 aliphatic rings. The fraction of sp³-hybridized carbons (Fsp3) is 0.273. The molecular weight excluding hydrogens is 634 g/mol. The van der Waals surface area contributed by atoms with Crippen LogP contribution in [0.15, 0.2) is 65.6 Å². The molecule has 3 aromatic carbocycles. The lowest BCUT2D eigenvalue weighted by molar-refractivity contribution is -0.122. The van der Waals surface area contributed by atoms with E-state index in [-0.39, 0.29) is 30.3 Å². The summed E-state index contributed by atoms with van der Waals surface area (Å²) < 4.78 is 12.0. The number of hydrogen-bond donors (Lipinski definition) is 2. The molecule has 5 rings (SSSR count). The number of hydrogen-bond acceptors (Lipinski definition) is 8. The van der Waals surface area contributed by atoms with E-state index >= 15 is 0 Å². The van der Waals surface area contributed by atoms with Gasteiger partial charge in [-0.25, -0.2) is 4.79 Å². The van der Waals surface area contributed by atoms with Gasteiger partial charge in [0.1, 0.15) is 16.7 Å². The number of amides is 2. The lowest BCUT2D eigenvalue weighted by Gasteiger charge is -2.26. The number of aromatic carboxylic acids is 1. The molecule has 2 amide bonds. The number of carbonyl (C=O) groups is 3. The van der Waals surface area contributed by atoms with Gasteiger partial charge >= 0.3 is 5.97 Å². The van der Waals surface area contributed by atoms with Gasteiger partial charge < -0.3 is 19.9 Å². The van der Waals surface area contributed by atoms with Crippen molar-refractivity contribution < 1.29 is 29.0 Å². The number of nitrogens with one attached hydrogen (secondary N) is 1. The largest absolute Gasteiger partial charge is 0.492 e. The molecular formula is C33H32ClN3O6S2. The topological polar surface area (TPSA) is 108 Å². The Morgan fingerprint density at radius 1 is 1.07 bits per heavy atom. The SMILES string of the molecule is Cc1ccc(-c2ccc(OCCN3CCOCC3)c(C=C3SC(=S)N(CCC(=O)Nc4ccc(C(=O)O)cc4)C3=O)c2)cc1Cl. The summed E-state index contributed by atoms with van der Waals surface area (Å²) in [6.45, 7) is 6.43. The van der Waals surface area contributed by atoms with Crippen molar-refractivity contribution in [1.82, 2.24) is 9.80 Å². The molecule has 45 heavy (non-hydrogen) atoms. The van der Waals surface area contributed by atoms with Crippen molar-refractivity contribution >= 4 is 69.4 Å². The first kappa shape index (κ1) is 32.6. The van der Waals surface area contributed by atoms with Crippen molar-refractivity contribution in [1.29, 1.82) is 0 Å². The normalized spacial score (nSPS) is 16.3. The van der Waals surface area contributed by atoms with E-state index in [0.29, 0.717) is 45.5 Å². The van der Waals surface area contributed by atoms with E-state index in [4.69, 9.17) is 38.4 Å². The van der Waals surface area contributed by atoms with Gasteiger partial charge in [0.15, 0.2) is 0 Å². The summed E-state index contributed by atoms with van der Waals surface area (Å²) in [7, 11) is 0. The highest BCUT2D eigenvalue weighted by molar-refractivity contribution is 8.26. The number of halogens is 1. The highest BCUT2D eigenvalue weighted by atomic mass is 35.5. The van der Waals surface area contributed by atoms with Crippen LogP contribution in [0.2, 0.25) is 5.02 Å². The number of aryl methyl sites for hydroxylation is 1. The summed E-state index contributed by atoms with van der Waals surface area (Å²) >= 11 is 13.1. The molecule has 2 heterocycles. The molecule has 9 nitrogen and oxygen atoms in total. The standard InChI is InChI=1S/C33H32ClN3O6S2/c1-21-2-3-24(19-27(21)34)23-6-9-28(43-17-14-36-12-15-42-16-13-36)25(18-23)20-29-31(39)37(33(44)45-29)11-10-30(38)35-26-7-4-22(5-8-26)32(40)41/h2-9,18-20H,10-17H2,1H3,(H,35,38)(H,40,41). The predicted octanol–water partition coefficient (Wildman–Crippen LogP) is 5.95. The number of carboxylic acid groups (broad SMARTS) is 1. The molecule has 2 aliphatic heterocycles. The third kappa shape index (κ3) is 8.50. The van der Waals surface area contributed by atoms with Crippen molar-refractivity contribution in [2.24, 2.45) is 0 Å². The number of thioether (sulfide) groups is 1. The molecule has 2 fully saturated rings. The second-order valence-corrected chi connectivity index (χ2v) is 12.6. The van der Waals surface area contributed by atoms with Gasteiger partial charge in [0.05, 0.1) is 23.7 Å². The van der Waals surface area contributed by atoms with E-state index in [2.05, 4.69) is 10.2 Å². The number of benzene rings is 3. The van der Waals surface area contributed by atoms with Crippen molar-refractivity contribution in [2.75, 3.05) is 51.3 Å². The van der Waals surface area contributed by atoms with Crippen molar-refractivity contribution in [3.63, 3.8) is 0 Å². The third-order valence-corrected chi connectivity index (χ3v) is 9.21. The van der Waals surface area contributed by atoms with Gasteiger partial charge in [-0.1, -0.05) is 53.8 Å². The van der Waals surface area contributed by atoms with Crippen LogP contribution in [0.3, 0.4) is 0 Å². The summed E-state index contributed by atoms with van der Waals surface area (Å²) in [6, 6.07) is 17.6. The van der Waals surface area contributed by atoms with Crippen LogP contribution in [0, 0.1) is 6.92 Å². The van der Waals surface area contributed by atoms with E-state index in [1.54, 1.807) is 6.08 Å². The summed E-state index contributed by atoms with van der Waals surface area (Å²) in [5.74, 6) is -1.01. The monoisotopic (exact) mass is 665 g/mol. The van der Waals surface area contributed by atoms with Gasteiger partial charge in [-0.3, -0.25) is 19.4 Å². The molecule has 0 aromatic heterocycles. The number of rotatable bonds is 11. The number of thiocarbonyl (C=S) groups is 1. The van der Waals surface area contributed by atoms with Crippen LogP contribution < -0.4 is 10.1 Å². The van der Waals surface area contributed by atoms with E-state index in [1.165, 1.54) is 40.9 Å². The molecule has 2 N–H and O–H groups in total. The molecule has 0 atom stereocenters. The minimum Gasteiger partial charge on any atom is -0.492 e. The number of morpholine rings is 1. The second kappa shape index (κ2) is 15.0. The molecule has 0 saturated carbocycles. The molecule has 234 valence electrons. The summed E-state index contributed by atoms with van der Waals surface area (Å²) in [4.78, 5) is 41.2. The predicted molar refractivity (Wildman–Crippen MR) is 181 cm³/mol. The Morgan fingerprint density at radius 2 is 1.78 bits per heavy atom. The average Bonchev–Trinajstić information content (AvgIpc) is 3.30. The lowest BCUT2D eigenvalue weighted by Crippen LogP contribution is -2.38. The molecule has 0 spiro atoms. The number of ether oxygens (including phenoxy) is 2. The van der Waals surface area contributed by atoms with Gasteiger partial charge in [-0.05, 0) is 72.2 Å². The number of nitrogens with zero attached hydrogens (tertiary/aromatic N) is 2. The minimum absolute atomic E-state index is 0.0139. The van der Waals surface area contributed by atoms with Crippen LogP contribution in [0.1, 0.15) is 27.9 Å². The van der Waals surface area contributed by atoms with E-state index in [9.17, 15) is 14.4 Å². The summed E-state index contributed by atoms with van der Waals surface area (Å²) in [6.07, 6.45) is 1.80. The maximum Gasteiger partial charge on any atom is 0.335 e. The van der Waals surface area contributed by atoms with E-state index in [0.717, 1.165) is 41.9 Å². The fourth-order valence-corrected chi connectivity index (χ4v) is 6.30. The van der Waals surface area contributed by atoms with Crippen LogP contribution in [-0.2, 0) is 14.3 Å². The van der Waals surface area contributed by atoms with Crippen LogP contribution >= 0.6 is 35.6 Å². The van der Waals surface area contributed by atoms with Crippen molar-refractivity contribution in [3.8, 4) is 16.9 Å². The first-order valence-electron chi connectivity index (χ1n) is 14.4. The average molecular weight is 666 g/mol. The van der Waals surface area contributed by atoms with Gasteiger partial charge in [-0.15, -0.1) is 0 Å². The fourth-order valence-electron chi connectivity index (χ4n) is 4.82. The smallest absolute Gasteiger partial charge is 0.335 e. The first-order chi connectivity index (χ1) is 21.7. The van der Waals surface area contributed by atoms with E-state index in [1.807, 2.05) is 43.3 Å². The Bertz CT molecular complexity index is 1640. The molecule has 0 unspecified atom stereocenters. The first-order valence-corrected chi connectivity index (χ1v) is 16.0. The van der Waals surface area contributed by atoms with Crippen LogP contribution in [0.25, 0.3) is 17.2 Å². The minimum atomic E-state index is -1.05. The highest BCUT2D eigenvalue weighted by Gasteiger charge is 2.32. The Balaban J connectivity index is 1.30. The molecule has 3 aromatic rings. The zero-order valence-electron chi connectivity index (χ0n) is 24.6. The summed E-state index contributed by atoms with van der Waals surface area (Å²) in [5, 5.41) is 12.4. The zero-order chi connectivity index (χ0) is 31.9. The molecule has 0 radical (unpaired) electrons. The molecule has 0 aliphatic carbocycles. The number of anilines is 1. The Morgan fingerprint density at radius 3 is 2.49 bits per heavy atom. The van der Waals surface area contributed by atoms with Gasteiger partial charge in [0, 0.05) is 48.9 Å². The Hall–Kier alpha value is -3.74. The van der Waals surface area contributed by atoms with Crippen LogP contribution in [-0.4, -0.2) is 83.0 Å². The highest BCUT2D eigenvalue weighted by Crippen LogP contribution is 2.36. The van der Waals surface area contributed by atoms with Gasteiger partial charge in [0.25, 0.3) is 5.91 Å². The molecule has 0 bridgehead atoms. The molecule has 2 saturated heterocycles. The van der Waals surface area contributed by atoms with E-state index < -0.39 is 5.97 Å². The molecule has 12 heteroatoms. The lowest BCUT2D eigenvalue weighted by atomic mass is 10.0. The van der Waals surface area contributed by atoms with Crippen molar-refractivity contribution in [3.05, 3.63) is 87.3 Å². The maximum absolute atomic E-state index is 13.4. The Kier molecular flexibility index (Phi) is 10.9. The zero-order valence-corrected chi connectivity index (χ0v) is 27.0. The van der Waals surface area contributed by atoms with Crippen LogP contribution in [0.5, 0.6) is 5.75 Å². The second-order valence-electron chi connectivity index (χ2n) is 10.5. The Labute approximate surface area is 276 Å². The van der Waals surface area contributed by atoms with Crippen LogP contribution in [0.4, 0.5) is 5.69 Å².